The van der Waals surface area contributed by atoms with Gasteiger partial charge in [0.05, 0.1) is 0 Å². The lowest BCUT2D eigenvalue weighted by Crippen LogP contribution is -2.45. The average molecular weight is 352 g/mol. The number of anilines is 1. The Morgan fingerprint density at radius 1 is 1.20 bits per heavy atom. The summed E-state index contributed by atoms with van der Waals surface area (Å²) in [6.45, 7) is 2.36. The van der Waals surface area contributed by atoms with Gasteiger partial charge in [0.1, 0.15) is 5.75 Å². The van der Waals surface area contributed by atoms with Gasteiger partial charge in [-0.3, -0.25) is 0 Å². The van der Waals surface area contributed by atoms with Gasteiger partial charge in [-0.05, 0) is 42.7 Å². The predicted molar refractivity (Wildman–Crippen MR) is 87.2 cm³/mol. The standard InChI is InChI=1S/C17H19F3N4O/c18-17(19,20)25-15-7-5-13(6-8-15)11-21-14-3-2-10-24(12-14)16-4-1-9-22-23-16/h1,4-9,14,21H,2-3,10-12H2. The monoisotopic (exact) mass is 352 g/mol. The molecule has 1 atom stereocenters. The summed E-state index contributed by atoms with van der Waals surface area (Å²) in [5, 5.41) is 11.5. The number of hydrogen-bond acceptors (Lipinski definition) is 5. The summed E-state index contributed by atoms with van der Waals surface area (Å²) in [5.74, 6) is 0.658. The third-order valence-corrected chi connectivity index (χ3v) is 4.06. The molecule has 134 valence electrons. The molecule has 1 aliphatic heterocycles. The molecule has 0 amide bonds. The summed E-state index contributed by atoms with van der Waals surface area (Å²) >= 11 is 0. The van der Waals surface area contributed by atoms with Gasteiger partial charge in [0.2, 0.25) is 0 Å². The van der Waals surface area contributed by atoms with E-state index in [0.29, 0.717) is 12.6 Å². The van der Waals surface area contributed by atoms with E-state index < -0.39 is 6.36 Å². The van der Waals surface area contributed by atoms with Gasteiger partial charge in [-0.1, -0.05) is 12.1 Å². The smallest absolute Gasteiger partial charge is 0.406 e. The van der Waals surface area contributed by atoms with Crippen LogP contribution in [0.4, 0.5) is 19.0 Å². The van der Waals surface area contributed by atoms with Crippen LogP contribution >= 0.6 is 0 Å². The molecule has 1 N–H and O–H groups in total. The minimum Gasteiger partial charge on any atom is -0.406 e. The molecule has 0 spiro atoms. The Bertz CT molecular complexity index is 664. The van der Waals surface area contributed by atoms with Crippen LogP contribution in [0.1, 0.15) is 18.4 Å². The van der Waals surface area contributed by atoms with E-state index in [1.807, 2.05) is 12.1 Å². The maximum atomic E-state index is 12.2. The van der Waals surface area contributed by atoms with Crippen LogP contribution in [-0.2, 0) is 6.54 Å². The third kappa shape index (κ3) is 5.32. The number of aromatic nitrogens is 2. The van der Waals surface area contributed by atoms with Crippen LogP contribution in [0.5, 0.6) is 5.75 Å². The third-order valence-electron chi connectivity index (χ3n) is 4.06. The summed E-state index contributed by atoms with van der Waals surface area (Å²) < 4.78 is 40.4. The minimum absolute atomic E-state index is 0.206. The van der Waals surface area contributed by atoms with Crippen LogP contribution in [-0.4, -0.2) is 35.7 Å². The van der Waals surface area contributed by atoms with Gasteiger partial charge >= 0.3 is 6.36 Å². The number of nitrogens with zero attached hydrogens (tertiary/aromatic N) is 3. The summed E-state index contributed by atoms with van der Waals surface area (Å²) in [6.07, 6.45) is -0.917. The minimum atomic E-state index is -4.66. The number of piperidine rings is 1. The summed E-state index contributed by atoms with van der Waals surface area (Å²) in [7, 11) is 0. The molecule has 2 aromatic rings. The van der Waals surface area contributed by atoms with E-state index >= 15 is 0 Å². The lowest BCUT2D eigenvalue weighted by Gasteiger charge is -2.33. The zero-order valence-electron chi connectivity index (χ0n) is 13.5. The van der Waals surface area contributed by atoms with Crippen molar-refractivity contribution in [2.75, 3.05) is 18.0 Å². The Kier molecular flexibility index (Phi) is 5.37. The van der Waals surface area contributed by atoms with Gasteiger partial charge in [-0.2, -0.15) is 5.10 Å². The fourth-order valence-corrected chi connectivity index (χ4v) is 2.89. The van der Waals surface area contributed by atoms with E-state index in [0.717, 1.165) is 37.3 Å². The molecular weight excluding hydrogens is 333 g/mol. The zero-order chi connectivity index (χ0) is 17.7. The van der Waals surface area contributed by atoms with Gasteiger partial charge in [0.25, 0.3) is 0 Å². The van der Waals surface area contributed by atoms with E-state index in [-0.39, 0.29) is 5.75 Å². The zero-order valence-corrected chi connectivity index (χ0v) is 13.5. The van der Waals surface area contributed by atoms with Crippen LogP contribution in [0.15, 0.2) is 42.6 Å². The fraction of sp³-hybridized carbons (Fsp3) is 0.412. The Labute approximate surface area is 143 Å². The molecule has 1 aromatic carbocycles. The van der Waals surface area contributed by atoms with Gasteiger partial charge in [-0.25, -0.2) is 0 Å². The molecule has 25 heavy (non-hydrogen) atoms. The summed E-state index contributed by atoms with van der Waals surface area (Å²) in [4.78, 5) is 2.19. The Morgan fingerprint density at radius 3 is 2.68 bits per heavy atom. The van der Waals surface area contributed by atoms with Crippen molar-refractivity contribution in [3.05, 3.63) is 48.2 Å². The van der Waals surface area contributed by atoms with E-state index in [9.17, 15) is 13.2 Å². The molecule has 1 aromatic heterocycles. The Hall–Kier alpha value is -2.35. The Morgan fingerprint density at radius 2 is 2.00 bits per heavy atom. The van der Waals surface area contributed by atoms with Crippen molar-refractivity contribution in [2.24, 2.45) is 0 Å². The molecule has 1 saturated heterocycles. The molecule has 1 fully saturated rings. The topological polar surface area (TPSA) is 50.3 Å². The average Bonchev–Trinajstić information content (AvgIpc) is 2.61. The van der Waals surface area contributed by atoms with Gasteiger partial charge in [0.15, 0.2) is 5.82 Å². The van der Waals surface area contributed by atoms with Crippen LogP contribution in [0.25, 0.3) is 0 Å². The van der Waals surface area contributed by atoms with Crippen LogP contribution in [0.2, 0.25) is 0 Å². The number of rotatable bonds is 5. The molecule has 0 saturated carbocycles. The van der Waals surface area contributed by atoms with E-state index in [1.165, 1.54) is 12.1 Å². The number of halogens is 3. The van der Waals surface area contributed by atoms with Crippen LogP contribution < -0.4 is 15.0 Å². The summed E-state index contributed by atoms with van der Waals surface area (Å²) in [5.41, 5.74) is 0.908. The van der Waals surface area contributed by atoms with E-state index in [1.54, 1.807) is 18.3 Å². The first-order chi connectivity index (χ1) is 12.0. The van der Waals surface area contributed by atoms with E-state index in [2.05, 4.69) is 25.2 Å². The second kappa shape index (κ2) is 7.69. The second-order valence-corrected chi connectivity index (χ2v) is 5.94. The highest BCUT2D eigenvalue weighted by Crippen LogP contribution is 2.23. The highest BCUT2D eigenvalue weighted by molar-refractivity contribution is 5.37. The SMILES string of the molecule is FC(F)(F)Oc1ccc(CNC2CCCN(c3cccnn3)C2)cc1. The number of alkyl halides is 3. The molecule has 2 heterocycles. The van der Waals surface area contributed by atoms with Crippen molar-refractivity contribution >= 4 is 5.82 Å². The highest BCUT2D eigenvalue weighted by atomic mass is 19.4. The van der Waals surface area contributed by atoms with Crippen LogP contribution in [0.3, 0.4) is 0 Å². The molecule has 8 heteroatoms. The van der Waals surface area contributed by atoms with Gasteiger partial charge < -0.3 is 15.0 Å². The van der Waals surface area contributed by atoms with Crippen LogP contribution in [0, 0.1) is 0 Å². The number of hydrogen-bond donors (Lipinski definition) is 1. The lowest BCUT2D eigenvalue weighted by molar-refractivity contribution is -0.274. The van der Waals surface area contributed by atoms with Gasteiger partial charge in [-0.15, -0.1) is 18.3 Å². The molecule has 5 nitrogen and oxygen atoms in total. The maximum absolute atomic E-state index is 12.2. The largest absolute Gasteiger partial charge is 0.573 e. The first-order valence-corrected chi connectivity index (χ1v) is 8.10. The quantitative estimate of drug-likeness (QED) is 0.896. The first-order valence-electron chi connectivity index (χ1n) is 8.10. The first kappa shape index (κ1) is 17.5. The van der Waals surface area contributed by atoms with E-state index in [4.69, 9.17) is 0 Å². The molecule has 1 unspecified atom stereocenters. The fourth-order valence-electron chi connectivity index (χ4n) is 2.89. The molecule has 3 rings (SSSR count). The predicted octanol–water partition coefficient (Wildman–Crippen LogP) is 3.13. The molecular formula is C17H19F3N4O. The maximum Gasteiger partial charge on any atom is 0.573 e. The van der Waals surface area contributed by atoms with Crippen molar-refractivity contribution in [3.63, 3.8) is 0 Å². The summed E-state index contributed by atoms with van der Waals surface area (Å²) in [6, 6.07) is 10.0. The second-order valence-electron chi connectivity index (χ2n) is 5.94. The lowest BCUT2D eigenvalue weighted by atomic mass is 10.1. The van der Waals surface area contributed by atoms with Crippen molar-refractivity contribution < 1.29 is 17.9 Å². The van der Waals surface area contributed by atoms with Gasteiger partial charge in [0, 0.05) is 31.9 Å². The number of benzene rings is 1. The molecule has 0 radical (unpaired) electrons. The molecule has 0 bridgehead atoms. The number of nitrogens with one attached hydrogen (secondary N) is 1. The van der Waals surface area contributed by atoms with Crippen molar-refractivity contribution in [3.8, 4) is 5.75 Å². The number of ether oxygens (including phenoxy) is 1. The van der Waals surface area contributed by atoms with Crippen molar-refractivity contribution in [1.82, 2.24) is 15.5 Å². The van der Waals surface area contributed by atoms with Crippen molar-refractivity contribution in [2.45, 2.75) is 31.8 Å². The molecule has 0 aliphatic carbocycles. The molecule has 1 aliphatic rings. The highest BCUT2D eigenvalue weighted by Gasteiger charge is 2.31. The normalized spacial score (nSPS) is 18.2. The van der Waals surface area contributed by atoms with Crippen molar-refractivity contribution in [1.29, 1.82) is 0 Å². The Balaban J connectivity index is 1.51.